The monoisotopic (exact) mass is 659 g/mol. The number of likely N-dealkylation sites (tertiary alicyclic amines) is 1. The van der Waals surface area contributed by atoms with E-state index in [2.05, 4.69) is 20.5 Å². The molecule has 0 radical (unpaired) electrons. The predicted molar refractivity (Wildman–Crippen MR) is 168 cm³/mol. The molecule has 0 saturated carbocycles. The molecular formula is C31H42N5O9P. The molecule has 0 bridgehead atoms. The molecule has 0 spiro atoms. The topological polar surface area (TPSA) is 217 Å². The number of unbranched alkanes of at least 4 members (excludes halogenated alkanes) is 1. The van der Waals surface area contributed by atoms with Crippen LogP contribution in [-0.4, -0.2) is 74.9 Å². The van der Waals surface area contributed by atoms with Gasteiger partial charge in [0.1, 0.15) is 29.9 Å². The van der Waals surface area contributed by atoms with Gasteiger partial charge < -0.3 is 31.1 Å². The Bertz CT molecular complexity index is 1420. The Morgan fingerprint density at radius 1 is 0.935 bits per heavy atom. The quantitative estimate of drug-likeness (QED) is 0.142. The van der Waals surface area contributed by atoms with Gasteiger partial charge in [-0.2, -0.15) is 0 Å². The molecule has 3 rings (SSSR count). The van der Waals surface area contributed by atoms with Crippen LogP contribution in [0.4, 0.5) is 0 Å². The number of rotatable bonds is 16. The smallest absolute Gasteiger partial charge is 0.404 e. The summed E-state index contributed by atoms with van der Waals surface area (Å²) in [6, 6.07) is 10.9. The van der Waals surface area contributed by atoms with Crippen molar-refractivity contribution in [2.75, 3.05) is 6.54 Å². The van der Waals surface area contributed by atoms with E-state index in [9.17, 15) is 28.5 Å². The number of phosphoric ester groups is 1. The number of nitrogens with two attached hydrogens (primary N) is 1. The number of primary amides is 1. The molecule has 1 aliphatic heterocycles. The second kappa shape index (κ2) is 16.9. The Kier molecular flexibility index (Phi) is 13.3. The van der Waals surface area contributed by atoms with Crippen molar-refractivity contribution < 1.29 is 42.8 Å². The fourth-order valence-electron chi connectivity index (χ4n) is 5.30. The highest BCUT2D eigenvalue weighted by Crippen LogP contribution is 2.37. The lowest BCUT2D eigenvalue weighted by Crippen LogP contribution is -2.58. The molecule has 14 nitrogen and oxygen atoms in total. The summed E-state index contributed by atoms with van der Waals surface area (Å²) in [5.41, 5.74) is 6.95. The first kappa shape index (κ1) is 36.2. The van der Waals surface area contributed by atoms with Crippen molar-refractivity contribution in [3.8, 4) is 5.75 Å². The number of hydrogen-bond donors (Lipinski definition) is 6. The van der Waals surface area contributed by atoms with Gasteiger partial charge in [0.15, 0.2) is 0 Å². The van der Waals surface area contributed by atoms with E-state index in [-0.39, 0.29) is 25.1 Å². The summed E-state index contributed by atoms with van der Waals surface area (Å²) in [6.07, 6.45) is 2.77. The van der Waals surface area contributed by atoms with Gasteiger partial charge in [-0.15, -0.1) is 0 Å². The average Bonchev–Trinajstić information content (AvgIpc) is 3.49. The van der Waals surface area contributed by atoms with E-state index in [4.69, 9.17) is 15.5 Å². The van der Waals surface area contributed by atoms with Crippen LogP contribution in [0, 0.1) is 0 Å². The number of carbonyl (C=O) groups is 5. The van der Waals surface area contributed by atoms with Crippen LogP contribution in [-0.2, 0) is 41.4 Å². The molecule has 1 heterocycles. The molecule has 15 heteroatoms. The number of amides is 5. The summed E-state index contributed by atoms with van der Waals surface area (Å²) < 4.78 is 15.6. The lowest BCUT2D eigenvalue weighted by molar-refractivity contribution is -0.142. The Morgan fingerprint density at radius 3 is 2.15 bits per heavy atom. The Balaban J connectivity index is 1.73. The van der Waals surface area contributed by atoms with Crippen LogP contribution in [0.15, 0.2) is 54.6 Å². The summed E-state index contributed by atoms with van der Waals surface area (Å²) >= 11 is 0. The predicted octanol–water partition coefficient (Wildman–Crippen LogP) is 1.08. The second-order valence-corrected chi connectivity index (χ2v) is 12.4. The van der Waals surface area contributed by atoms with Crippen LogP contribution in [0.2, 0.25) is 0 Å². The standard InChI is InChI=1S/C31H42N5O9P/c1-3-4-11-24(34-29(39)26(33-20(2)37)19-22-13-15-23(16-14-22)45-46(42,43)44)31(41)36-17-8-12-27(36)30(40)35-25(28(32)38)18-21-9-6-5-7-10-21/h5-7,9-10,13-16,24-27H,3-4,8,11-12,17-19H2,1-2H3,(H2,32,38)(H,33,37)(H,34,39)(H,35,40)(H2,42,43,44)/t24-,25-,26-,27-/m0/s1. The van der Waals surface area contributed by atoms with Crippen molar-refractivity contribution >= 4 is 37.4 Å². The molecule has 250 valence electrons. The van der Waals surface area contributed by atoms with Gasteiger partial charge in [0.2, 0.25) is 29.5 Å². The maximum Gasteiger partial charge on any atom is 0.524 e. The zero-order chi connectivity index (χ0) is 33.9. The molecule has 7 N–H and O–H groups in total. The third kappa shape index (κ3) is 11.3. The highest BCUT2D eigenvalue weighted by molar-refractivity contribution is 7.46. The van der Waals surface area contributed by atoms with E-state index in [1.54, 1.807) is 0 Å². The minimum absolute atomic E-state index is 0.0148. The average molecular weight is 660 g/mol. The SMILES string of the molecule is CCCC[C@H](NC(=O)[C@H](Cc1ccc(OP(=O)(O)O)cc1)NC(C)=O)C(=O)N1CCC[C@H]1C(=O)N[C@@H](Cc1ccccc1)C(N)=O. The molecule has 1 saturated heterocycles. The number of benzene rings is 2. The summed E-state index contributed by atoms with van der Waals surface area (Å²) in [5.74, 6) is -2.82. The third-order valence-corrected chi connectivity index (χ3v) is 7.97. The third-order valence-electron chi connectivity index (χ3n) is 7.52. The summed E-state index contributed by atoms with van der Waals surface area (Å²) in [4.78, 5) is 84.3. The zero-order valence-corrected chi connectivity index (χ0v) is 26.8. The highest BCUT2D eigenvalue weighted by Gasteiger charge is 2.39. The van der Waals surface area contributed by atoms with Crippen molar-refractivity contribution in [3.05, 3.63) is 65.7 Å². The van der Waals surface area contributed by atoms with Crippen LogP contribution in [0.3, 0.4) is 0 Å². The van der Waals surface area contributed by atoms with Crippen LogP contribution in [0.25, 0.3) is 0 Å². The van der Waals surface area contributed by atoms with Gasteiger partial charge >= 0.3 is 7.82 Å². The van der Waals surface area contributed by atoms with Crippen LogP contribution < -0.4 is 26.2 Å². The van der Waals surface area contributed by atoms with Gasteiger partial charge in [0, 0.05) is 26.3 Å². The molecule has 1 aliphatic rings. The highest BCUT2D eigenvalue weighted by atomic mass is 31.2. The van der Waals surface area contributed by atoms with Crippen molar-refractivity contribution in [2.24, 2.45) is 5.73 Å². The van der Waals surface area contributed by atoms with Crippen LogP contribution in [0.1, 0.15) is 57.1 Å². The Labute approximate surface area is 267 Å². The van der Waals surface area contributed by atoms with E-state index < -0.39 is 61.5 Å². The first-order valence-corrected chi connectivity index (χ1v) is 16.7. The molecule has 4 atom stereocenters. The number of phosphoric acid groups is 1. The fraction of sp³-hybridized carbons (Fsp3) is 0.452. The van der Waals surface area contributed by atoms with Gasteiger partial charge in [0.05, 0.1) is 0 Å². The van der Waals surface area contributed by atoms with Crippen LogP contribution >= 0.6 is 7.82 Å². The minimum atomic E-state index is -4.75. The van der Waals surface area contributed by atoms with Crippen molar-refractivity contribution in [3.63, 3.8) is 0 Å². The molecule has 0 aliphatic carbocycles. The summed E-state index contributed by atoms with van der Waals surface area (Å²) in [7, 11) is -4.75. The summed E-state index contributed by atoms with van der Waals surface area (Å²) in [5, 5.41) is 8.06. The molecule has 2 aromatic rings. The maximum absolute atomic E-state index is 13.8. The maximum atomic E-state index is 13.8. The number of hydrogen-bond acceptors (Lipinski definition) is 7. The van der Waals surface area contributed by atoms with Crippen LogP contribution in [0.5, 0.6) is 5.75 Å². The van der Waals surface area contributed by atoms with Crippen molar-refractivity contribution in [1.29, 1.82) is 0 Å². The number of nitrogens with one attached hydrogen (secondary N) is 3. The van der Waals surface area contributed by atoms with Gasteiger partial charge in [0.25, 0.3) is 0 Å². The first-order valence-electron chi connectivity index (χ1n) is 15.1. The number of nitrogens with zero attached hydrogens (tertiary/aromatic N) is 1. The lowest BCUT2D eigenvalue weighted by Gasteiger charge is -2.30. The lowest BCUT2D eigenvalue weighted by atomic mass is 10.0. The van der Waals surface area contributed by atoms with E-state index in [1.165, 1.54) is 36.1 Å². The molecule has 5 amide bonds. The van der Waals surface area contributed by atoms with E-state index in [0.717, 1.165) is 12.0 Å². The molecule has 1 fully saturated rings. The van der Waals surface area contributed by atoms with Gasteiger partial charge in [-0.1, -0.05) is 62.2 Å². The van der Waals surface area contributed by atoms with Gasteiger partial charge in [-0.05, 0) is 42.5 Å². The Hall–Kier alpha value is -4.26. The largest absolute Gasteiger partial charge is 0.524 e. The van der Waals surface area contributed by atoms with Gasteiger partial charge in [-0.3, -0.25) is 33.8 Å². The molecule has 46 heavy (non-hydrogen) atoms. The number of carbonyl (C=O) groups excluding carboxylic acids is 5. The van der Waals surface area contributed by atoms with Crippen molar-refractivity contribution in [1.82, 2.24) is 20.9 Å². The minimum Gasteiger partial charge on any atom is -0.404 e. The fourth-order valence-corrected chi connectivity index (χ4v) is 5.69. The molecule has 0 aromatic heterocycles. The zero-order valence-electron chi connectivity index (χ0n) is 25.9. The van der Waals surface area contributed by atoms with Gasteiger partial charge in [-0.25, -0.2) is 4.57 Å². The first-order chi connectivity index (χ1) is 21.8. The molecule has 2 aromatic carbocycles. The second-order valence-electron chi connectivity index (χ2n) is 11.2. The van der Waals surface area contributed by atoms with Crippen molar-refractivity contribution in [2.45, 2.75) is 83.0 Å². The Morgan fingerprint density at radius 2 is 1.57 bits per heavy atom. The van der Waals surface area contributed by atoms with E-state index in [1.807, 2.05) is 37.3 Å². The molecule has 0 unspecified atom stereocenters. The van der Waals surface area contributed by atoms with E-state index in [0.29, 0.717) is 31.2 Å². The van der Waals surface area contributed by atoms with E-state index >= 15 is 0 Å². The summed E-state index contributed by atoms with van der Waals surface area (Å²) in [6.45, 7) is 3.47. The normalized spacial score (nSPS) is 16.5. The molecular weight excluding hydrogens is 617 g/mol.